The van der Waals surface area contributed by atoms with Crippen molar-refractivity contribution >= 4 is 15.9 Å². The minimum atomic E-state index is -4.40. The molecule has 1 amide bonds. The largest absolute Gasteiger partial charge is 0.493 e. The number of rotatable bonds is 7. The molecule has 0 aromatic heterocycles. The summed E-state index contributed by atoms with van der Waals surface area (Å²) in [4.78, 5) is 16.2. The van der Waals surface area contributed by atoms with Crippen LogP contribution in [-0.4, -0.2) is 81.4 Å². The Kier molecular flexibility index (Phi) is 7.91. The van der Waals surface area contributed by atoms with Crippen LogP contribution < -0.4 is 4.74 Å². The van der Waals surface area contributed by atoms with E-state index < -0.39 is 37.8 Å². The van der Waals surface area contributed by atoms with E-state index in [1.807, 2.05) is 7.05 Å². The molecule has 0 N–H and O–H groups in total. The maximum atomic E-state index is 14.2. The third kappa shape index (κ3) is 5.84. The van der Waals surface area contributed by atoms with Crippen LogP contribution in [0.3, 0.4) is 0 Å². The van der Waals surface area contributed by atoms with Crippen molar-refractivity contribution in [2.75, 3.05) is 52.9 Å². The molecule has 0 unspecified atom stereocenters. The van der Waals surface area contributed by atoms with Crippen molar-refractivity contribution in [2.24, 2.45) is 5.41 Å². The molecule has 7 nitrogen and oxygen atoms in total. The fourth-order valence-corrected chi connectivity index (χ4v) is 6.24. The Morgan fingerprint density at radius 3 is 2.08 bits per heavy atom. The van der Waals surface area contributed by atoms with Crippen LogP contribution in [0.4, 0.5) is 13.2 Å². The molecule has 4 rings (SSSR count). The third-order valence-electron chi connectivity index (χ3n) is 7.04. The number of piperazine rings is 1. The summed E-state index contributed by atoms with van der Waals surface area (Å²) in [5.74, 6) is -2.29. The number of carbonyl (C=O) groups excluding carboxylic acids is 1. The van der Waals surface area contributed by atoms with Crippen molar-refractivity contribution in [3.63, 3.8) is 0 Å². The van der Waals surface area contributed by atoms with Crippen molar-refractivity contribution in [3.05, 3.63) is 59.9 Å². The molecule has 0 spiro atoms. The van der Waals surface area contributed by atoms with Crippen molar-refractivity contribution in [3.8, 4) is 5.75 Å². The van der Waals surface area contributed by atoms with Gasteiger partial charge >= 0.3 is 0 Å². The zero-order chi connectivity index (χ0) is 25.9. The average molecular weight is 526 g/mol. The van der Waals surface area contributed by atoms with Gasteiger partial charge < -0.3 is 14.5 Å². The highest BCUT2D eigenvalue weighted by atomic mass is 32.2. The quantitative estimate of drug-likeness (QED) is 0.556. The minimum Gasteiger partial charge on any atom is -0.493 e. The van der Waals surface area contributed by atoms with E-state index in [4.69, 9.17) is 4.74 Å². The lowest BCUT2D eigenvalue weighted by molar-refractivity contribution is -0.136. The molecule has 0 bridgehead atoms. The molecule has 2 fully saturated rings. The molecule has 2 aliphatic rings. The number of hydrogen-bond acceptors (Lipinski definition) is 5. The predicted octanol–water partition coefficient (Wildman–Crippen LogP) is 3.12. The Balaban J connectivity index is 1.51. The van der Waals surface area contributed by atoms with E-state index >= 15 is 0 Å². The number of amides is 1. The van der Waals surface area contributed by atoms with Crippen LogP contribution in [-0.2, 0) is 14.8 Å². The lowest BCUT2D eigenvalue weighted by atomic mass is 9.76. The van der Waals surface area contributed by atoms with Crippen LogP contribution in [0.5, 0.6) is 5.75 Å². The molecule has 196 valence electrons. The predicted molar refractivity (Wildman–Crippen MR) is 127 cm³/mol. The van der Waals surface area contributed by atoms with Gasteiger partial charge in [0.15, 0.2) is 4.90 Å². The molecule has 0 atom stereocenters. The van der Waals surface area contributed by atoms with Gasteiger partial charge in [-0.15, -0.1) is 0 Å². The number of halogens is 3. The summed E-state index contributed by atoms with van der Waals surface area (Å²) in [5.41, 5.74) is -0.686. The second kappa shape index (κ2) is 10.8. The highest BCUT2D eigenvalue weighted by molar-refractivity contribution is 7.89. The highest BCUT2D eigenvalue weighted by Gasteiger charge is 2.43. The van der Waals surface area contributed by atoms with Gasteiger partial charge in [0.1, 0.15) is 23.2 Å². The van der Waals surface area contributed by atoms with Crippen molar-refractivity contribution in [2.45, 2.75) is 24.2 Å². The van der Waals surface area contributed by atoms with Crippen LogP contribution in [0.2, 0.25) is 0 Å². The van der Waals surface area contributed by atoms with Gasteiger partial charge in [-0.1, -0.05) is 6.07 Å². The third-order valence-corrected chi connectivity index (χ3v) is 8.99. The molecule has 2 aliphatic heterocycles. The summed E-state index contributed by atoms with van der Waals surface area (Å²) >= 11 is 0. The fraction of sp³-hybridized carbons (Fsp3) is 0.480. The Bertz CT molecular complexity index is 1160. The van der Waals surface area contributed by atoms with Crippen LogP contribution in [0.1, 0.15) is 19.3 Å². The van der Waals surface area contributed by atoms with Gasteiger partial charge in [0, 0.05) is 51.1 Å². The first-order chi connectivity index (χ1) is 17.1. The second-order valence-corrected chi connectivity index (χ2v) is 11.4. The normalized spacial score (nSPS) is 19.3. The molecule has 0 radical (unpaired) electrons. The van der Waals surface area contributed by atoms with E-state index in [-0.39, 0.29) is 44.9 Å². The van der Waals surface area contributed by atoms with E-state index in [1.54, 1.807) is 4.90 Å². The lowest BCUT2D eigenvalue weighted by Crippen LogP contribution is -2.51. The van der Waals surface area contributed by atoms with E-state index in [9.17, 15) is 26.4 Å². The number of ether oxygens (including phenoxy) is 1. The zero-order valence-electron chi connectivity index (χ0n) is 20.1. The van der Waals surface area contributed by atoms with Crippen LogP contribution in [0.25, 0.3) is 0 Å². The number of benzene rings is 2. The highest BCUT2D eigenvalue weighted by Crippen LogP contribution is 2.39. The van der Waals surface area contributed by atoms with E-state index in [0.717, 1.165) is 35.6 Å². The van der Waals surface area contributed by atoms with Crippen LogP contribution in [0.15, 0.2) is 47.4 Å². The summed E-state index contributed by atoms with van der Waals surface area (Å²) in [6.45, 7) is 2.85. The number of sulfonamides is 1. The standard InChI is InChI=1S/C25H30F3N3O4S/c1-29-13-15-30(16-14-29)23(32)17-25(18-35-20-7-5-19(26)6-8-20)9-11-31(12-10-25)36(33,34)24-21(27)3-2-4-22(24)28/h2-8H,9-18H2,1H3. The van der Waals surface area contributed by atoms with Crippen molar-refractivity contribution in [1.82, 2.24) is 14.1 Å². The topological polar surface area (TPSA) is 70.2 Å². The Hall–Kier alpha value is -2.63. The first-order valence-corrected chi connectivity index (χ1v) is 13.3. The molecule has 2 heterocycles. The lowest BCUT2D eigenvalue weighted by Gasteiger charge is -2.42. The van der Waals surface area contributed by atoms with Gasteiger partial charge in [0.2, 0.25) is 15.9 Å². The van der Waals surface area contributed by atoms with E-state index in [2.05, 4.69) is 4.90 Å². The van der Waals surface area contributed by atoms with Crippen molar-refractivity contribution < 1.29 is 31.1 Å². The van der Waals surface area contributed by atoms with Crippen LogP contribution in [0, 0.1) is 22.9 Å². The van der Waals surface area contributed by atoms with Gasteiger partial charge in [-0.3, -0.25) is 4.79 Å². The Morgan fingerprint density at radius 2 is 1.50 bits per heavy atom. The van der Waals surface area contributed by atoms with Crippen LogP contribution >= 0.6 is 0 Å². The maximum absolute atomic E-state index is 14.2. The van der Waals surface area contributed by atoms with E-state index in [0.29, 0.717) is 18.8 Å². The number of piperidine rings is 1. The smallest absolute Gasteiger partial charge is 0.248 e. The van der Waals surface area contributed by atoms with Gasteiger partial charge in [-0.25, -0.2) is 21.6 Å². The second-order valence-electron chi connectivity index (χ2n) is 9.56. The molecule has 11 heteroatoms. The number of likely N-dealkylation sites (N-methyl/N-ethyl adjacent to an activating group) is 1. The van der Waals surface area contributed by atoms with Gasteiger partial charge in [0.25, 0.3) is 0 Å². The molecule has 2 saturated heterocycles. The number of nitrogens with zero attached hydrogens (tertiary/aromatic N) is 3. The summed E-state index contributed by atoms with van der Waals surface area (Å²) in [6, 6.07) is 8.47. The molecule has 36 heavy (non-hydrogen) atoms. The van der Waals surface area contributed by atoms with E-state index in [1.165, 1.54) is 24.3 Å². The average Bonchev–Trinajstić information content (AvgIpc) is 2.84. The molecular weight excluding hydrogens is 495 g/mol. The summed E-state index contributed by atoms with van der Waals surface area (Å²) < 4.78 is 74.9. The Labute approximate surface area is 209 Å². The number of hydrogen-bond donors (Lipinski definition) is 0. The molecule has 2 aromatic carbocycles. The number of carbonyl (C=O) groups is 1. The minimum absolute atomic E-state index is 0.0150. The Morgan fingerprint density at radius 1 is 0.917 bits per heavy atom. The summed E-state index contributed by atoms with van der Waals surface area (Å²) in [7, 11) is -2.41. The van der Waals surface area contributed by atoms with Gasteiger partial charge in [-0.2, -0.15) is 4.31 Å². The SMILES string of the molecule is CN1CCN(C(=O)CC2(COc3ccc(F)cc3)CCN(S(=O)(=O)c3c(F)cccc3F)CC2)CC1. The molecule has 2 aromatic rings. The maximum Gasteiger partial charge on any atom is 0.248 e. The first kappa shape index (κ1) is 26.4. The fourth-order valence-electron chi connectivity index (χ4n) is 4.69. The first-order valence-electron chi connectivity index (χ1n) is 11.9. The van der Waals surface area contributed by atoms with Crippen molar-refractivity contribution in [1.29, 1.82) is 0 Å². The summed E-state index contributed by atoms with van der Waals surface area (Å²) in [5, 5.41) is 0. The van der Waals surface area contributed by atoms with Gasteiger partial charge in [-0.05, 0) is 56.3 Å². The molecule has 0 saturated carbocycles. The van der Waals surface area contributed by atoms with Gasteiger partial charge in [0.05, 0.1) is 6.61 Å². The monoisotopic (exact) mass is 525 g/mol. The molecule has 0 aliphatic carbocycles. The zero-order valence-corrected chi connectivity index (χ0v) is 20.9. The molecular formula is C25H30F3N3O4S. The summed E-state index contributed by atoms with van der Waals surface area (Å²) in [6.07, 6.45) is 0.686.